The van der Waals surface area contributed by atoms with Gasteiger partial charge in [-0.2, -0.15) is 0 Å². The van der Waals surface area contributed by atoms with E-state index in [0.717, 1.165) is 32.2 Å². The number of rotatable bonds is 4. The van der Waals surface area contributed by atoms with Crippen molar-refractivity contribution >= 4 is 5.97 Å². The van der Waals surface area contributed by atoms with Gasteiger partial charge in [0.25, 0.3) is 0 Å². The Bertz CT molecular complexity index is 172. The van der Waals surface area contributed by atoms with Crippen LogP contribution in [0.1, 0.15) is 46.0 Å². The minimum Gasteiger partial charge on any atom is -0.461 e. The van der Waals surface area contributed by atoms with Crippen molar-refractivity contribution in [3.63, 3.8) is 0 Å². The van der Waals surface area contributed by atoms with E-state index in [0.29, 0.717) is 0 Å². The molecule has 0 aromatic rings. The van der Waals surface area contributed by atoms with Crippen LogP contribution in [0, 0.1) is 0 Å². The summed E-state index contributed by atoms with van der Waals surface area (Å²) in [5.41, 5.74) is 0. The Hall–Kier alpha value is -0.570. The molecule has 0 spiro atoms. The lowest BCUT2D eigenvalue weighted by atomic mass is 10.1. The second kappa shape index (κ2) is 6.02. The summed E-state index contributed by atoms with van der Waals surface area (Å²) in [7, 11) is 0. The third kappa shape index (κ3) is 3.29. The summed E-state index contributed by atoms with van der Waals surface area (Å²) < 4.78 is 5.39. The van der Waals surface area contributed by atoms with Gasteiger partial charge in [-0.05, 0) is 32.2 Å². The van der Waals surface area contributed by atoms with Crippen molar-refractivity contribution in [1.82, 2.24) is 5.32 Å². The summed E-state index contributed by atoms with van der Waals surface area (Å²) in [6, 6.07) is -0.0515. The Morgan fingerprint density at radius 2 is 2.14 bits per heavy atom. The van der Waals surface area contributed by atoms with E-state index in [1.165, 1.54) is 6.42 Å². The molecule has 1 heterocycles. The molecule has 1 aliphatic heterocycles. The molecular weight excluding hydrogens is 178 g/mol. The quantitative estimate of drug-likeness (QED) is 0.702. The number of ether oxygens (including phenoxy) is 1. The Labute approximate surface area is 86.2 Å². The van der Waals surface area contributed by atoms with Gasteiger partial charge < -0.3 is 10.1 Å². The molecular formula is C11H21NO2. The number of hydrogen-bond acceptors (Lipinski definition) is 3. The van der Waals surface area contributed by atoms with Gasteiger partial charge in [-0.1, -0.05) is 20.3 Å². The standard InChI is InChI=1S/C11H21NO2/c1-3-9(4-2)14-11(13)10-7-5-6-8-12-10/h9-10,12H,3-8H2,1-2H3/t10-/m0/s1. The highest BCUT2D eigenvalue weighted by Crippen LogP contribution is 2.11. The third-order valence-electron chi connectivity index (χ3n) is 2.79. The summed E-state index contributed by atoms with van der Waals surface area (Å²) in [6.07, 6.45) is 5.17. The molecule has 0 amide bonds. The molecule has 82 valence electrons. The van der Waals surface area contributed by atoms with Gasteiger partial charge >= 0.3 is 5.97 Å². The van der Waals surface area contributed by atoms with E-state index in [9.17, 15) is 4.79 Å². The molecule has 1 fully saturated rings. The zero-order valence-electron chi connectivity index (χ0n) is 9.21. The van der Waals surface area contributed by atoms with Gasteiger partial charge in [0.05, 0.1) is 0 Å². The van der Waals surface area contributed by atoms with Gasteiger partial charge in [0, 0.05) is 0 Å². The second-order valence-electron chi connectivity index (χ2n) is 3.88. The summed E-state index contributed by atoms with van der Waals surface area (Å²) in [6.45, 7) is 5.05. The van der Waals surface area contributed by atoms with E-state index < -0.39 is 0 Å². The Balaban J connectivity index is 2.32. The Kier molecular flexibility index (Phi) is 4.94. The molecule has 1 saturated heterocycles. The first-order valence-electron chi connectivity index (χ1n) is 5.71. The summed E-state index contributed by atoms with van der Waals surface area (Å²) in [5, 5.41) is 3.20. The summed E-state index contributed by atoms with van der Waals surface area (Å²) in [5.74, 6) is -0.0570. The maximum Gasteiger partial charge on any atom is 0.323 e. The van der Waals surface area contributed by atoms with E-state index in [2.05, 4.69) is 19.2 Å². The van der Waals surface area contributed by atoms with E-state index in [1.54, 1.807) is 0 Å². The molecule has 0 unspecified atom stereocenters. The lowest BCUT2D eigenvalue weighted by molar-refractivity contribution is -0.152. The van der Waals surface area contributed by atoms with E-state index in [4.69, 9.17) is 4.74 Å². The predicted octanol–water partition coefficient (Wildman–Crippen LogP) is 1.86. The topological polar surface area (TPSA) is 38.3 Å². The first-order valence-corrected chi connectivity index (χ1v) is 5.71. The zero-order valence-corrected chi connectivity index (χ0v) is 9.21. The van der Waals surface area contributed by atoms with Gasteiger partial charge in [0.2, 0.25) is 0 Å². The van der Waals surface area contributed by atoms with E-state index >= 15 is 0 Å². The first kappa shape index (κ1) is 11.5. The highest BCUT2D eigenvalue weighted by atomic mass is 16.5. The zero-order chi connectivity index (χ0) is 10.4. The fourth-order valence-electron chi connectivity index (χ4n) is 1.75. The molecule has 14 heavy (non-hydrogen) atoms. The first-order chi connectivity index (χ1) is 6.77. The van der Waals surface area contributed by atoms with Crippen LogP contribution in [-0.4, -0.2) is 24.7 Å². The SMILES string of the molecule is CCC(CC)OC(=O)[C@@H]1CCCCN1. The molecule has 3 nitrogen and oxygen atoms in total. The van der Waals surface area contributed by atoms with Crippen LogP contribution in [0.2, 0.25) is 0 Å². The number of carbonyl (C=O) groups is 1. The van der Waals surface area contributed by atoms with Crippen LogP contribution >= 0.6 is 0 Å². The van der Waals surface area contributed by atoms with Crippen molar-refractivity contribution < 1.29 is 9.53 Å². The minimum atomic E-state index is -0.0570. The summed E-state index contributed by atoms with van der Waals surface area (Å²) >= 11 is 0. The van der Waals surface area contributed by atoms with Crippen molar-refractivity contribution in [3.8, 4) is 0 Å². The molecule has 0 saturated carbocycles. The van der Waals surface area contributed by atoms with Crippen molar-refractivity contribution in [1.29, 1.82) is 0 Å². The molecule has 0 aliphatic carbocycles. The number of nitrogens with one attached hydrogen (secondary N) is 1. The van der Waals surface area contributed by atoms with Crippen molar-refractivity contribution in [3.05, 3.63) is 0 Å². The molecule has 3 heteroatoms. The van der Waals surface area contributed by atoms with Gasteiger partial charge in [0.1, 0.15) is 12.1 Å². The predicted molar refractivity (Wildman–Crippen MR) is 56.1 cm³/mol. The average molecular weight is 199 g/mol. The van der Waals surface area contributed by atoms with Gasteiger partial charge in [-0.3, -0.25) is 4.79 Å². The lowest BCUT2D eigenvalue weighted by Gasteiger charge is -2.24. The van der Waals surface area contributed by atoms with E-state index in [1.807, 2.05) is 0 Å². The van der Waals surface area contributed by atoms with Crippen molar-refractivity contribution in [2.24, 2.45) is 0 Å². The molecule has 0 radical (unpaired) electrons. The molecule has 0 aromatic carbocycles. The molecule has 0 bridgehead atoms. The van der Waals surface area contributed by atoms with Crippen LogP contribution in [0.3, 0.4) is 0 Å². The van der Waals surface area contributed by atoms with Crippen molar-refractivity contribution in [2.75, 3.05) is 6.54 Å². The maximum absolute atomic E-state index is 11.6. The fraction of sp³-hybridized carbons (Fsp3) is 0.909. The maximum atomic E-state index is 11.6. The number of carbonyl (C=O) groups excluding carboxylic acids is 1. The van der Waals surface area contributed by atoms with Crippen LogP contribution in [-0.2, 0) is 9.53 Å². The monoisotopic (exact) mass is 199 g/mol. The second-order valence-corrected chi connectivity index (χ2v) is 3.88. The average Bonchev–Trinajstić information content (AvgIpc) is 2.26. The lowest BCUT2D eigenvalue weighted by Crippen LogP contribution is -2.42. The van der Waals surface area contributed by atoms with Gasteiger partial charge in [-0.15, -0.1) is 0 Å². The highest BCUT2D eigenvalue weighted by molar-refractivity contribution is 5.76. The molecule has 1 N–H and O–H groups in total. The van der Waals surface area contributed by atoms with Gasteiger partial charge in [0.15, 0.2) is 0 Å². The van der Waals surface area contributed by atoms with Crippen LogP contribution in [0.5, 0.6) is 0 Å². The highest BCUT2D eigenvalue weighted by Gasteiger charge is 2.23. The minimum absolute atomic E-state index is 0.0515. The normalized spacial score (nSPS) is 22.4. The Morgan fingerprint density at radius 3 is 2.64 bits per heavy atom. The molecule has 0 aromatic heterocycles. The smallest absolute Gasteiger partial charge is 0.323 e. The van der Waals surface area contributed by atoms with Crippen LogP contribution in [0.25, 0.3) is 0 Å². The number of esters is 1. The summed E-state index contributed by atoms with van der Waals surface area (Å²) in [4.78, 5) is 11.6. The van der Waals surface area contributed by atoms with Gasteiger partial charge in [-0.25, -0.2) is 0 Å². The van der Waals surface area contributed by atoms with E-state index in [-0.39, 0.29) is 18.1 Å². The van der Waals surface area contributed by atoms with Crippen LogP contribution in [0.4, 0.5) is 0 Å². The van der Waals surface area contributed by atoms with Crippen LogP contribution in [0.15, 0.2) is 0 Å². The fourth-order valence-corrected chi connectivity index (χ4v) is 1.75. The molecule has 1 atom stereocenters. The molecule has 1 aliphatic rings. The number of piperidine rings is 1. The molecule has 1 rings (SSSR count). The Morgan fingerprint density at radius 1 is 1.43 bits per heavy atom. The largest absolute Gasteiger partial charge is 0.461 e. The third-order valence-corrected chi connectivity index (χ3v) is 2.79. The number of hydrogen-bond donors (Lipinski definition) is 1. The van der Waals surface area contributed by atoms with Crippen molar-refractivity contribution in [2.45, 2.75) is 58.1 Å². The van der Waals surface area contributed by atoms with Crippen LogP contribution < -0.4 is 5.32 Å².